The molecule has 2 aromatic rings. The molecule has 0 aliphatic carbocycles. The molecule has 4 nitrogen and oxygen atoms in total. The van der Waals surface area contributed by atoms with Crippen LogP contribution in [0.4, 0.5) is 10.5 Å². The van der Waals surface area contributed by atoms with Crippen LogP contribution in [-0.4, -0.2) is 12.1 Å². The summed E-state index contributed by atoms with van der Waals surface area (Å²) in [5, 5.41) is 6.52. The first-order valence-electron chi connectivity index (χ1n) is 8.08. The molecule has 1 aliphatic heterocycles. The van der Waals surface area contributed by atoms with Crippen LogP contribution in [-0.2, 0) is 11.3 Å². The Morgan fingerprint density at radius 1 is 1.21 bits per heavy atom. The van der Waals surface area contributed by atoms with E-state index in [1.54, 1.807) is 0 Å². The quantitative estimate of drug-likeness (QED) is 0.788. The van der Waals surface area contributed by atoms with Crippen molar-refractivity contribution in [1.82, 2.24) is 5.32 Å². The molecule has 0 saturated heterocycles. The molecular weight excluding hydrogens is 368 g/mol. The molecule has 0 spiro atoms. The Labute approximate surface area is 150 Å². The van der Waals surface area contributed by atoms with E-state index in [4.69, 9.17) is 4.74 Å². The highest BCUT2D eigenvalue weighted by Gasteiger charge is 2.32. The first-order valence-corrected chi connectivity index (χ1v) is 8.87. The fourth-order valence-corrected chi connectivity index (χ4v) is 3.35. The Hall–Kier alpha value is -2.01. The molecule has 0 fully saturated rings. The maximum Gasteiger partial charge on any atom is 0.407 e. The Balaban J connectivity index is 1.71. The Kier molecular flexibility index (Phi) is 5.09. The topological polar surface area (TPSA) is 50.4 Å². The number of benzene rings is 2. The van der Waals surface area contributed by atoms with Gasteiger partial charge in [0.25, 0.3) is 0 Å². The SMILES string of the molecule is C[C@@H]1[C@H](C)Nc2ccc(Br)cc2[C@@H]1NC(=O)OCc1ccccc1. The zero-order chi connectivity index (χ0) is 17.1. The molecule has 5 heteroatoms. The van der Waals surface area contributed by atoms with Gasteiger partial charge < -0.3 is 15.4 Å². The molecule has 0 saturated carbocycles. The van der Waals surface area contributed by atoms with E-state index in [9.17, 15) is 4.79 Å². The predicted octanol–water partition coefficient (Wildman–Crippen LogP) is 4.87. The molecule has 126 valence electrons. The summed E-state index contributed by atoms with van der Waals surface area (Å²) in [4.78, 5) is 12.3. The van der Waals surface area contributed by atoms with Crippen molar-refractivity contribution in [3.05, 3.63) is 64.1 Å². The maximum atomic E-state index is 12.3. The summed E-state index contributed by atoms with van der Waals surface area (Å²) in [6.07, 6.45) is -0.393. The summed E-state index contributed by atoms with van der Waals surface area (Å²) < 4.78 is 6.37. The lowest BCUT2D eigenvalue weighted by Gasteiger charge is -2.37. The van der Waals surface area contributed by atoms with Crippen LogP contribution in [0.5, 0.6) is 0 Å². The number of carbonyl (C=O) groups is 1. The molecule has 0 aromatic heterocycles. The normalized spacial score (nSPS) is 22.2. The van der Waals surface area contributed by atoms with Gasteiger partial charge in [-0.3, -0.25) is 0 Å². The molecule has 1 heterocycles. The van der Waals surface area contributed by atoms with E-state index in [0.29, 0.717) is 0 Å². The van der Waals surface area contributed by atoms with Crippen molar-refractivity contribution in [3.63, 3.8) is 0 Å². The summed E-state index contributed by atoms with van der Waals surface area (Å²) in [5.74, 6) is 0.246. The van der Waals surface area contributed by atoms with Crippen LogP contribution in [0.1, 0.15) is 31.0 Å². The molecular formula is C19H21BrN2O2. The standard InChI is InChI=1S/C19H21BrN2O2/c1-12-13(2)21-17-9-8-15(20)10-16(17)18(12)22-19(23)24-11-14-6-4-3-5-7-14/h3-10,12-13,18,21H,11H2,1-2H3,(H,22,23)/t12-,13+,18-/m1/s1. The van der Waals surface area contributed by atoms with Crippen LogP contribution in [0.3, 0.4) is 0 Å². The molecule has 0 bridgehead atoms. The summed E-state index contributed by atoms with van der Waals surface area (Å²) in [6.45, 7) is 4.52. The van der Waals surface area contributed by atoms with E-state index >= 15 is 0 Å². The van der Waals surface area contributed by atoms with Crippen LogP contribution < -0.4 is 10.6 Å². The fourth-order valence-electron chi connectivity index (χ4n) is 2.97. The first-order chi connectivity index (χ1) is 11.5. The minimum absolute atomic E-state index is 0.0861. The number of ether oxygens (including phenoxy) is 1. The lowest BCUT2D eigenvalue weighted by atomic mass is 9.84. The van der Waals surface area contributed by atoms with E-state index in [2.05, 4.69) is 40.4 Å². The highest BCUT2D eigenvalue weighted by atomic mass is 79.9. The highest BCUT2D eigenvalue weighted by Crippen LogP contribution is 2.38. The number of alkyl carbamates (subject to hydrolysis) is 1. The van der Waals surface area contributed by atoms with Gasteiger partial charge in [-0.2, -0.15) is 0 Å². The van der Waals surface area contributed by atoms with Crippen LogP contribution >= 0.6 is 15.9 Å². The Bertz CT molecular complexity index is 721. The van der Waals surface area contributed by atoms with Gasteiger partial charge in [0.15, 0.2) is 0 Å². The smallest absolute Gasteiger partial charge is 0.407 e. The van der Waals surface area contributed by atoms with Crippen molar-refractivity contribution in [2.24, 2.45) is 5.92 Å². The molecule has 2 aromatic carbocycles. The number of nitrogens with one attached hydrogen (secondary N) is 2. The molecule has 3 atom stereocenters. The van der Waals surface area contributed by atoms with Gasteiger partial charge in [0.1, 0.15) is 6.61 Å². The number of hydrogen-bond acceptors (Lipinski definition) is 3. The minimum atomic E-state index is -0.393. The van der Waals surface area contributed by atoms with Crippen molar-refractivity contribution in [2.45, 2.75) is 32.5 Å². The number of rotatable bonds is 3. The van der Waals surface area contributed by atoms with Crippen molar-refractivity contribution < 1.29 is 9.53 Å². The van der Waals surface area contributed by atoms with Gasteiger partial charge in [0, 0.05) is 22.1 Å². The number of hydrogen-bond donors (Lipinski definition) is 2. The number of amides is 1. The Morgan fingerprint density at radius 2 is 1.96 bits per heavy atom. The Morgan fingerprint density at radius 3 is 2.71 bits per heavy atom. The molecule has 0 unspecified atom stereocenters. The van der Waals surface area contributed by atoms with E-state index in [-0.39, 0.29) is 24.6 Å². The molecule has 1 amide bonds. The highest BCUT2D eigenvalue weighted by molar-refractivity contribution is 9.10. The van der Waals surface area contributed by atoms with Gasteiger partial charge >= 0.3 is 6.09 Å². The van der Waals surface area contributed by atoms with E-state index in [1.807, 2.05) is 48.5 Å². The molecule has 3 rings (SSSR count). The van der Waals surface area contributed by atoms with Crippen LogP contribution in [0, 0.1) is 5.92 Å². The lowest BCUT2D eigenvalue weighted by Crippen LogP contribution is -2.42. The van der Waals surface area contributed by atoms with Crippen LogP contribution in [0.2, 0.25) is 0 Å². The minimum Gasteiger partial charge on any atom is -0.445 e. The van der Waals surface area contributed by atoms with Crippen molar-refractivity contribution in [2.75, 3.05) is 5.32 Å². The number of carbonyl (C=O) groups excluding carboxylic acids is 1. The summed E-state index contributed by atoms with van der Waals surface area (Å²) >= 11 is 3.51. The molecule has 2 N–H and O–H groups in total. The zero-order valence-corrected chi connectivity index (χ0v) is 15.3. The number of anilines is 1. The maximum absolute atomic E-state index is 12.3. The van der Waals surface area contributed by atoms with E-state index < -0.39 is 6.09 Å². The fraction of sp³-hybridized carbons (Fsp3) is 0.316. The van der Waals surface area contributed by atoms with Gasteiger partial charge in [-0.1, -0.05) is 53.2 Å². The average Bonchev–Trinajstić information content (AvgIpc) is 2.59. The average molecular weight is 389 g/mol. The largest absolute Gasteiger partial charge is 0.445 e. The second kappa shape index (κ2) is 7.26. The van der Waals surface area contributed by atoms with Gasteiger partial charge in [0.05, 0.1) is 6.04 Å². The molecule has 24 heavy (non-hydrogen) atoms. The summed E-state index contributed by atoms with van der Waals surface area (Å²) in [6, 6.07) is 15.9. The molecule has 1 aliphatic rings. The summed E-state index contributed by atoms with van der Waals surface area (Å²) in [7, 11) is 0. The zero-order valence-electron chi connectivity index (χ0n) is 13.8. The third-order valence-electron chi connectivity index (χ3n) is 4.53. The third kappa shape index (κ3) is 3.73. The van der Waals surface area contributed by atoms with E-state index in [0.717, 1.165) is 21.3 Å². The van der Waals surface area contributed by atoms with E-state index in [1.165, 1.54) is 0 Å². The van der Waals surface area contributed by atoms with Gasteiger partial charge in [-0.15, -0.1) is 0 Å². The predicted molar refractivity (Wildman–Crippen MR) is 98.9 cm³/mol. The van der Waals surface area contributed by atoms with Crippen molar-refractivity contribution in [3.8, 4) is 0 Å². The second-order valence-corrected chi connectivity index (χ2v) is 7.12. The van der Waals surface area contributed by atoms with Crippen LogP contribution in [0.15, 0.2) is 53.0 Å². The third-order valence-corrected chi connectivity index (χ3v) is 5.03. The van der Waals surface area contributed by atoms with Crippen molar-refractivity contribution in [1.29, 1.82) is 0 Å². The van der Waals surface area contributed by atoms with Crippen molar-refractivity contribution >= 4 is 27.7 Å². The summed E-state index contributed by atoms with van der Waals surface area (Å²) in [5.41, 5.74) is 3.10. The first kappa shape index (κ1) is 16.8. The van der Waals surface area contributed by atoms with Gasteiger partial charge in [-0.05, 0) is 36.2 Å². The molecule has 0 radical (unpaired) electrons. The number of fused-ring (bicyclic) bond motifs is 1. The number of halogens is 1. The lowest BCUT2D eigenvalue weighted by molar-refractivity contribution is 0.131. The van der Waals surface area contributed by atoms with Gasteiger partial charge in [0.2, 0.25) is 0 Å². The van der Waals surface area contributed by atoms with Gasteiger partial charge in [-0.25, -0.2) is 4.79 Å². The second-order valence-electron chi connectivity index (χ2n) is 6.21. The monoisotopic (exact) mass is 388 g/mol. The van der Waals surface area contributed by atoms with Crippen LogP contribution in [0.25, 0.3) is 0 Å².